The number of piperidine rings is 1. The second-order valence-electron chi connectivity index (χ2n) is 14.0. The van der Waals surface area contributed by atoms with E-state index in [0.29, 0.717) is 43.6 Å². The van der Waals surface area contributed by atoms with Crippen molar-refractivity contribution in [3.05, 3.63) is 72.1 Å². The van der Waals surface area contributed by atoms with Crippen LogP contribution in [0.1, 0.15) is 41.6 Å². The predicted molar refractivity (Wildman–Crippen MR) is 197 cm³/mol. The SMILES string of the molecule is CCc1cccc(-c2cnc(C(=O)N3CCC(CN4CCN(CC(=O)N5CCN(C)CC5)CC4)CC3)c(NC(=O)CNCc3ncccn3)c2)c1. The Bertz CT molecular complexity index is 1620. The van der Waals surface area contributed by atoms with Gasteiger partial charge in [0.1, 0.15) is 5.82 Å². The lowest BCUT2D eigenvalue weighted by atomic mass is 9.95. The van der Waals surface area contributed by atoms with Crippen molar-refractivity contribution in [2.24, 2.45) is 5.92 Å². The van der Waals surface area contributed by atoms with Gasteiger partial charge < -0.3 is 30.2 Å². The van der Waals surface area contributed by atoms with Gasteiger partial charge in [-0.15, -0.1) is 0 Å². The van der Waals surface area contributed by atoms with Crippen molar-refractivity contribution < 1.29 is 14.4 Å². The topological polar surface area (TPSA) is 130 Å². The van der Waals surface area contributed by atoms with Crippen LogP contribution in [-0.4, -0.2) is 149 Å². The molecule has 0 saturated carbocycles. The molecule has 0 radical (unpaired) electrons. The molecule has 0 unspecified atom stereocenters. The molecule has 0 spiro atoms. The Balaban J connectivity index is 1.02. The average molecular weight is 697 g/mol. The molecule has 13 heteroatoms. The Labute approximate surface area is 301 Å². The molecular formula is C38H52N10O3. The van der Waals surface area contributed by atoms with Crippen LogP contribution in [0.3, 0.4) is 0 Å². The monoisotopic (exact) mass is 696 g/mol. The lowest BCUT2D eigenvalue weighted by Gasteiger charge is -2.39. The number of likely N-dealkylation sites (tertiary alicyclic amines) is 1. The van der Waals surface area contributed by atoms with E-state index in [-0.39, 0.29) is 30.0 Å². The number of anilines is 1. The number of benzene rings is 1. The number of rotatable bonds is 12. The summed E-state index contributed by atoms with van der Waals surface area (Å²) in [5.41, 5.74) is 3.69. The zero-order valence-corrected chi connectivity index (χ0v) is 30.1. The smallest absolute Gasteiger partial charge is 0.274 e. The van der Waals surface area contributed by atoms with Crippen LogP contribution in [0.5, 0.6) is 0 Å². The first-order valence-corrected chi connectivity index (χ1v) is 18.4. The number of hydrogen-bond acceptors (Lipinski definition) is 10. The number of hydrogen-bond donors (Lipinski definition) is 2. The van der Waals surface area contributed by atoms with E-state index in [2.05, 4.69) is 66.4 Å². The van der Waals surface area contributed by atoms with E-state index in [9.17, 15) is 14.4 Å². The molecule has 3 amide bonds. The molecule has 6 rings (SSSR count). The quantitative estimate of drug-likeness (QED) is 0.291. The fourth-order valence-electron chi connectivity index (χ4n) is 7.07. The molecule has 0 atom stereocenters. The number of pyridine rings is 1. The van der Waals surface area contributed by atoms with Crippen LogP contribution in [0.2, 0.25) is 0 Å². The number of carbonyl (C=O) groups excluding carboxylic acids is 3. The van der Waals surface area contributed by atoms with Crippen LogP contribution in [-0.2, 0) is 22.6 Å². The highest BCUT2D eigenvalue weighted by molar-refractivity contribution is 6.03. The van der Waals surface area contributed by atoms with Crippen molar-refractivity contribution in [2.45, 2.75) is 32.7 Å². The third-order valence-electron chi connectivity index (χ3n) is 10.3. The first kappa shape index (κ1) is 36.5. The molecule has 272 valence electrons. The minimum atomic E-state index is -0.274. The summed E-state index contributed by atoms with van der Waals surface area (Å²) in [5, 5.41) is 6.05. The number of aryl methyl sites for hydroxylation is 1. The summed E-state index contributed by atoms with van der Waals surface area (Å²) < 4.78 is 0. The van der Waals surface area contributed by atoms with E-state index in [4.69, 9.17) is 0 Å². The first-order chi connectivity index (χ1) is 24.8. The van der Waals surface area contributed by atoms with Gasteiger partial charge in [-0.3, -0.25) is 19.3 Å². The van der Waals surface area contributed by atoms with Crippen molar-refractivity contribution >= 4 is 23.4 Å². The summed E-state index contributed by atoms with van der Waals surface area (Å²) in [4.78, 5) is 63.8. The van der Waals surface area contributed by atoms with Crippen molar-refractivity contribution in [1.29, 1.82) is 0 Å². The van der Waals surface area contributed by atoms with Gasteiger partial charge in [0, 0.05) is 96.1 Å². The second-order valence-corrected chi connectivity index (χ2v) is 14.0. The van der Waals surface area contributed by atoms with Crippen LogP contribution in [0.15, 0.2) is 55.0 Å². The summed E-state index contributed by atoms with van der Waals surface area (Å²) in [7, 11) is 2.11. The van der Waals surface area contributed by atoms with Crippen molar-refractivity contribution in [3.63, 3.8) is 0 Å². The number of carbonyl (C=O) groups is 3. The Morgan fingerprint density at radius 2 is 1.53 bits per heavy atom. The molecule has 3 aromatic rings. The van der Waals surface area contributed by atoms with Gasteiger partial charge in [0.2, 0.25) is 11.8 Å². The lowest BCUT2D eigenvalue weighted by molar-refractivity contribution is -0.134. The number of nitrogens with one attached hydrogen (secondary N) is 2. The highest BCUT2D eigenvalue weighted by atomic mass is 16.2. The predicted octanol–water partition coefficient (Wildman–Crippen LogP) is 2.07. The number of amides is 3. The lowest BCUT2D eigenvalue weighted by Crippen LogP contribution is -2.53. The summed E-state index contributed by atoms with van der Waals surface area (Å²) in [5.74, 6) is 0.915. The van der Waals surface area contributed by atoms with E-state index >= 15 is 0 Å². The maximum absolute atomic E-state index is 13.9. The summed E-state index contributed by atoms with van der Waals surface area (Å²) in [6.45, 7) is 12.6. The Morgan fingerprint density at radius 1 is 0.804 bits per heavy atom. The van der Waals surface area contributed by atoms with Gasteiger partial charge in [0.05, 0.1) is 25.3 Å². The first-order valence-electron chi connectivity index (χ1n) is 18.4. The van der Waals surface area contributed by atoms with Crippen LogP contribution in [0.25, 0.3) is 11.1 Å². The molecule has 1 aromatic carbocycles. The highest BCUT2D eigenvalue weighted by Crippen LogP contribution is 2.28. The van der Waals surface area contributed by atoms with Crippen molar-refractivity contribution in [1.82, 2.24) is 44.8 Å². The van der Waals surface area contributed by atoms with Crippen LogP contribution < -0.4 is 10.6 Å². The molecule has 3 aliphatic heterocycles. The molecule has 5 heterocycles. The molecule has 13 nitrogen and oxygen atoms in total. The number of aromatic nitrogens is 3. The third kappa shape index (κ3) is 10.2. The maximum Gasteiger partial charge on any atom is 0.274 e. The van der Waals surface area contributed by atoms with Crippen molar-refractivity contribution in [2.75, 3.05) is 97.4 Å². The van der Waals surface area contributed by atoms with Gasteiger partial charge in [0.25, 0.3) is 5.91 Å². The van der Waals surface area contributed by atoms with Crippen LogP contribution >= 0.6 is 0 Å². The second kappa shape index (κ2) is 17.8. The highest BCUT2D eigenvalue weighted by Gasteiger charge is 2.29. The summed E-state index contributed by atoms with van der Waals surface area (Å²) in [6, 6.07) is 11.8. The molecule has 3 fully saturated rings. The average Bonchev–Trinajstić information content (AvgIpc) is 3.16. The van der Waals surface area contributed by atoms with E-state index in [1.807, 2.05) is 28.0 Å². The number of nitrogens with zero attached hydrogens (tertiary/aromatic N) is 8. The summed E-state index contributed by atoms with van der Waals surface area (Å²) in [6.07, 6.45) is 7.80. The Morgan fingerprint density at radius 3 is 2.25 bits per heavy atom. The van der Waals surface area contributed by atoms with Gasteiger partial charge in [-0.25, -0.2) is 15.0 Å². The standard InChI is InChI=1S/C38H52N10O3/c1-3-29-6-4-7-31(22-29)32-23-33(43-35(49)26-39-25-34-40-10-5-11-41-34)37(42-24-32)38(51)48-12-8-30(9-13-48)27-45-16-18-46(19-17-45)28-36(50)47-20-14-44(2)15-21-47/h4-7,10-11,22-24,30,39H,3,8-9,12-21,25-28H2,1-2H3,(H,43,49). The normalized spacial score (nSPS) is 18.2. The van der Waals surface area contributed by atoms with Crippen LogP contribution in [0.4, 0.5) is 5.69 Å². The molecular weight excluding hydrogens is 644 g/mol. The van der Waals surface area contributed by atoms with E-state index < -0.39 is 0 Å². The van der Waals surface area contributed by atoms with Crippen LogP contribution in [0, 0.1) is 5.92 Å². The fraction of sp³-hybridized carbons (Fsp3) is 0.526. The largest absolute Gasteiger partial charge is 0.339 e. The molecule has 3 saturated heterocycles. The minimum absolute atomic E-state index is 0.0354. The number of likely N-dealkylation sites (N-methyl/N-ethyl adjacent to an activating group) is 1. The van der Waals surface area contributed by atoms with Crippen molar-refractivity contribution in [3.8, 4) is 11.1 Å². The molecule has 0 bridgehead atoms. The molecule has 0 aliphatic carbocycles. The molecule has 51 heavy (non-hydrogen) atoms. The minimum Gasteiger partial charge on any atom is -0.339 e. The van der Waals surface area contributed by atoms with Gasteiger partial charge in [-0.1, -0.05) is 31.2 Å². The van der Waals surface area contributed by atoms with E-state index in [1.54, 1.807) is 24.7 Å². The van der Waals surface area contributed by atoms with Gasteiger partial charge in [0.15, 0.2) is 5.69 Å². The van der Waals surface area contributed by atoms with E-state index in [1.165, 1.54) is 5.56 Å². The van der Waals surface area contributed by atoms with Gasteiger partial charge in [-0.05, 0) is 55.5 Å². The Kier molecular flexibility index (Phi) is 12.7. The van der Waals surface area contributed by atoms with E-state index in [0.717, 1.165) is 89.3 Å². The zero-order chi connectivity index (χ0) is 35.6. The summed E-state index contributed by atoms with van der Waals surface area (Å²) >= 11 is 0. The Hall–Kier alpha value is -4.30. The third-order valence-corrected chi connectivity index (χ3v) is 10.3. The van der Waals surface area contributed by atoms with Gasteiger partial charge in [-0.2, -0.15) is 0 Å². The zero-order valence-electron chi connectivity index (χ0n) is 30.1. The molecule has 3 aliphatic rings. The fourth-order valence-corrected chi connectivity index (χ4v) is 7.07. The number of piperazine rings is 2. The maximum atomic E-state index is 13.9. The molecule has 2 aromatic heterocycles. The van der Waals surface area contributed by atoms with Gasteiger partial charge >= 0.3 is 0 Å². The molecule has 2 N–H and O–H groups in total.